The van der Waals surface area contributed by atoms with E-state index in [0.717, 1.165) is 12.8 Å². The Morgan fingerprint density at radius 3 is 2.43 bits per heavy atom. The summed E-state index contributed by atoms with van der Waals surface area (Å²) in [6, 6.07) is 1.53. The number of aromatic nitrogens is 2. The Hall–Kier alpha value is -2.18. The van der Waals surface area contributed by atoms with Gasteiger partial charge in [0.25, 0.3) is 5.91 Å². The standard InChI is InChI=1S/C14H18N4O3/c1-21-12-8-11(15-9-16-12)14(20)18-6-4-17(5-7-18)13(19)10-2-3-10/h8-10H,2-7H2,1H3. The van der Waals surface area contributed by atoms with E-state index in [1.165, 1.54) is 19.5 Å². The lowest BCUT2D eigenvalue weighted by Gasteiger charge is -2.34. The second-order valence-electron chi connectivity index (χ2n) is 5.34. The molecule has 0 bridgehead atoms. The molecule has 2 fully saturated rings. The smallest absolute Gasteiger partial charge is 0.272 e. The van der Waals surface area contributed by atoms with Gasteiger partial charge < -0.3 is 14.5 Å². The van der Waals surface area contributed by atoms with Crippen molar-refractivity contribution in [1.82, 2.24) is 19.8 Å². The predicted octanol–water partition coefficient (Wildman–Crippen LogP) is 0.180. The van der Waals surface area contributed by atoms with Crippen LogP contribution in [0.25, 0.3) is 0 Å². The molecule has 0 atom stereocenters. The van der Waals surface area contributed by atoms with E-state index in [2.05, 4.69) is 9.97 Å². The van der Waals surface area contributed by atoms with Gasteiger partial charge in [-0.1, -0.05) is 0 Å². The monoisotopic (exact) mass is 290 g/mol. The Morgan fingerprint density at radius 1 is 1.14 bits per heavy atom. The third kappa shape index (κ3) is 2.96. The van der Waals surface area contributed by atoms with Crippen LogP contribution in [0.4, 0.5) is 0 Å². The molecule has 1 aliphatic carbocycles. The number of rotatable bonds is 3. The molecule has 7 nitrogen and oxygen atoms in total. The molecule has 112 valence electrons. The SMILES string of the molecule is COc1cc(C(=O)N2CCN(C(=O)C3CC3)CC2)ncn1. The van der Waals surface area contributed by atoms with Crippen LogP contribution in [0, 0.1) is 5.92 Å². The highest BCUT2D eigenvalue weighted by molar-refractivity contribution is 5.92. The van der Waals surface area contributed by atoms with Crippen molar-refractivity contribution in [1.29, 1.82) is 0 Å². The van der Waals surface area contributed by atoms with Crippen LogP contribution in [0.1, 0.15) is 23.3 Å². The fourth-order valence-electron chi connectivity index (χ4n) is 2.45. The minimum Gasteiger partial charge on any atom is -0.481 e. The number of hydrogen-bond acceptors (Lipinski definition) is 5. The van der Waals surface area contributed by atoms with Crippen LogP contribution in [-0.4, -0.2) is 64.9 Å². The largest absolute Gasteiger partial charge is 0.481 e. The number of carbonyl (C=O) groups is 2. The third-order valence-electron chi connectivity index (χ3n) is 3.88. The Kier molecular flexibility index (Phi) is 3.72. The van der Waals surface area contributed by atoms with Gasteiger partial charge in [0.15, 0.2) is 0 Å². The molecular weight excluding hydrogens is 272 g/mol. The summed E-state index contributed by atoms with van der Waals surface area (Å²) in [6.07, 6.45) is 3.34. The second-order valence-corrected chi connectivity index (χ2v) is 5.34. The molecule has 1 aliphatic heterocycles. The Bertz CT molecular complexity index is 551. The van der Waals surface area contributed by atoms with Crippen LogP contribution in [0.5, 0.6) is 5.88 Å². The maximum atomic E-state index is 12.4. The van der Waals surface area contributed by atoms with E-state index in [4.69, 9.17) is 4.74 Å². The minimum absolute atomic E-state index is 0.144. The van der Waals surface area contributed by atoms with Gasteiger partial charge in [-0.15, -0.1) is 0 Å². The summed E-state index contributed by atoms with van der Waals surface area (Å²) in [7, 11) is 1.50. The quantitative estimate of drug-likeness (QED) is 0.794. The maximum absolute atomic E-state index is 12.4. The molecule has 7 heteroatoms. The fraction of sp³-hybridized carbons (Fsp3) is 0.571. The Labute approximate surface area is 122 Å². The fourth-order valence-corrected chi connectivity index (χ4v) is 2.45. The summed E-state index contributed by atoms with van der Waals surface area (Å²) in [4.78, 5) is 35.8. The topological polar surface area (TPSA) is 75.6 Å². The van der Waals surface area contributed by atoms with Crippen LogP contribution in [0.15, 0.2) is 12.4 Å². The zero-order valence-corrected chi connectivity index (χ0v) is 12.0. The van der Waals surface area contributed by atoms with Gasteiger partial charge in [-0.2, -0.15) is 0 Å². The second kappa shape index (κ2) is 5.67. The molecule has 2 aliphatic rings. The predicted molar refractivity (Wildman–Crippen MR) is 73.8 cm³/mol. The van der Waals surface area contributed by atoms with Crippen LogP contribution >= 0.6 is 0 Å². The van der Waals surface area contributed by atoms with Gasteiger partial charge in [-0.25, -0.2) is 9.97 Å². The average molecular weight is 290 g/mol. The van der Waals surface area contributed by atoms with Gasteiger partial charge in [0.2, 0.25) is 11.8 Å². The molecule has 3 rings (SSSR count). The Balaban J connectivity index is 1.60. The number of hydrogen-bond donors (Lipinski definition) is 0. The molecule has 0 aromatic carbocycles. The average Bonchev–Trinajstić information content (AvgIpc) is 3.38. The van der Waals surface area contributed by atoms with E-state index in [1.807, 2.05) is 4.90 Å². The summed E-state index contributed by atoms with van der Waals surface area (Å²) < 4.78 is 5.00. The van der Waals surface area contributed by atoms with Crippen LogP contribution in [0.2, 0.25) is 0 Å². The van der Waals surface area contributed by atoms with Gasteiger partial charge >= 0.3 is 0 Å². The molecule has 2 amide bonds. The number of piperazine rings is 1. The number of amides is 2. The molecule has 1 saturated heterocycles. The van der Waals surface area contributed by atoms with Crippen molar-refractivity contribution in [2.45, 2.75) is 12.8 Å². The van der Waals surface area contributed by atoms with Gasteiger partial charge in [-0.05, 0) is 12.8 Å². The van der Waals surface area contributed by atoms with Gasteiger partial charge in [0, 0.05) is 38.2 Å². The Morgan fingerprint density at radius 2 is 1.81 bits per heavy atom. The lowest BCUT2D eigenvalue weighted by atomic mass is 10.2. The van der Waals surface area contributed by atoms with E-state index in [9.17, 15) is 9.59 Å². The van der Waals surface area contributed by atoms with Crippen molar-refractivity contribution in [3.63, 3.8) is 0 Å². The van der Waals surface area contributed by atoms with E-state index in [-0.39, 0.29) is 17.7 Å². The van der Waals surface area contributed by atoms with E-state index in [0.29, 0.717) is 37.8 Å². The zero-order valence-electron chi connectivity index (χ0n) is 12.0. The van der Waals surface area contributed by atoms with E-state index in [1.54, 1.807) is 4.90 Å². The van der Waals surface area contributed by atoms with Crippen molar-refractivity contribution < 1.29 is 14.3 Å². The number of ether oxygens (including phenoxy) is 1. The first-order valence-corrected chi connectivity index (χ1v) is 7.13. The van der Waals surface area contributed by atoms with Crippen LogP contribution in [-0.2, 0) is 4.79 Å². The highest BCUT2D eigenvalue weighted by Gasteiger charge is 2.35. The van der Waals surface area contributed by atoms with Crippen molar-refractivity contribution in [2.24, 2.45) is 5.92 Å². The molecule has 0 spiro atoms. The number of nitrogens with zero attached hydrogens (tertiary/aromatic N) is 4. The first-order valence-electron chi connectivity index (χ1n) is 7.13. The van der Waals surface area contributed by atoms with E-state index < -0.39 is 0 Å². The highest BCUT2D eigenvalue weighted by atomic mass is 16.5. The first-order chi connectivity index (χ1) is 10.2. The van der Waals surface area contributed by atoms with Gasteiger partial charge in [-0.3, -0.25) is 9.59 Å². The molecule has 2 heterocycles. The lowest BCUT2D eigenvalue weighted by Crippen LogP contribution is -2.51. The molecule has 0 unspecified atom stereocenters. The molecule has 1 aromatic rings. The normalized spacial score (nSPS) is 18.5. The van der Waals surface area contributed by atoms with Crippen LogP contribution in [0.3, 0.4) is 0 Å². The molecule has 1 saturated carbocycles. The van der Waals surface area contributed by atoms with Gasteiger partial charge in [0.1, 0.15) is 12.0 Å². The van der Waals surface area contributed by atoms with Crippen molar-refractivity contribution >= 4 is 11.8 Å². The summed E-state index contributed by atoms with van der Waals surface area (Å²) in [5.74, 6) is 0.703. The number of methoxy groups -OCH3 is 1. The van der Waals surface area contributed by atoms with Crippen LogP contribution < -0.4 is 4.74 Å². The molecule has 0 N–H and O–H groups in total. The molecular formula is C14H18N4O3. The highest BCUT2D eigenvalue weighted by Crippen LogP contribution is 2.31. The molecule has 0 radical (unpaired) electrons. The summed E-state index contributed by atoms with van der Waals surface area (Å²) >= 11 is 0. The lowest BCUT2D eigenvalue weighted by molar-refractivity contribution is -0.134. The van der Waals surface area contributed by atoms with Crippen molar-refractivity contribution in [3.05, 3.63) is 18.1 Å². The molecule has 21 heavy (non-hydrogen) atoms. The third-order valence-corrected chi connectivity index (χ3v) is 3.88. The van der Waals surface area contributed by atoms with Gasteiger partial charge in [0.05, 0.1) is 7.11 Å². The minimum atomic E-state index is -0.144. The summed E-state index contributed by atoms with van der Waals surface area (Å²) in [5.41, 5.74) is 0.323. The number of carbonyl (C=O) groups excluding carboxylic acids is 2. The first kappa shape index (κ1) is 13.8. The summed E-state index contributed by atoms with van der Waals surface area (Å²) in [6.45, 7) is 2.29. The summed E-state index contributed by atoms with van der Waals surface area (Å²) in [5, 5.41) is 0. The molecule has 1 aromatic heterocycles. The zero-order chi connectivity index (χ0) is 14.8. The van der Waals surface area contributed by atoms with Crippen molar-refractivity contribution in [2.75, 3.05) is 33.3 Å². The maximum Gasteiger partial charge on any atom is 0.272 e. The van der Waals surface area contributed by atoms with Crippen molar-refractivity contribution in [3.8, 4) is 5.88 Å². The van der Waals surface area contributed by atoms with E-state index >= 15 is 0 Å².